The zero-order chi connectivity index (χ0) is 26.3. The average Bonchev–Trinajstić information content (AvgIpc) is 2.84. The molecule has 14 atom stereocenters. The first kappa shape index (κ1) is 31.4. The normalized spacial score (nSPS) is 42.2. The Morgan fingerprint density at radius 3 is 1.00 bits per heavy atom. The maximum Gasteiger partial charge on any atom is 0.115 e. The first-order valence-electron chi connectivity index (χ1n) is 10.4. The van der Waals surface area contributed by atoms with Gasteiger partial charge in [0.25, 0.3) is 0 Å². The lowest BCUT2D eigenvalue weighted by molar-refractivity contribution is -0.258. The van der Waals surface area contributed by atoms with E-state index in [0.29, 0.717) is 0 Å². The van der Waals surface area contributed by atoms with Gasteiger partial charge in [0.2, 0.25) is 0 Å². The summed E-state index contributed by atoms with van der Waals surface area (Å²) in [7, 11) is 0. The van der Waals surface area contributed by atoms with Gasteiger partial charge in [-0.2, -0.15) is 0 Å². The Hall–Kier alpha value is -0.640. The highest BCUT2D eigenvalue weighted by Gasteiger charge is 2.48. The van der Waals surface area contributed by atoms with E-state index in [1.165, 1.54) is 0 Å². The molecule has 0 bridgehead atoms. The molecule has 0 radical (unpaired) electrons. The van der Waals surface area contributed by atoms with Crippen molar-refractivity contribution in [3.63, 3.8) is 0 Å². The molecule has 16 heteroatoms. The second kappa shape index (κ2) is 14.2. The summed E-state index contributed by atoms with van der Waals surface area (Å²) in [5.74, 6) is 0. The highest BCUT2D eigenvalue weighted by atomic mass is 16.6. The third kappa shape index (κ3) is 7.20. The minimum absolute atomic E-state index is 0.622. The van der Waals surface area contributed by atoms with Crippen molar-refractivity contribution < 1.29 is 81.0 Å². The van der Waals surface area contributed by atoms with E-state index >= 15 is 0 Å². The summed E-state index contributed by atoms with van der Waals surface area (Å²) < 4.78 is 9.97. The zero-order valence-electron chi connectivity index (χ0n) is 18.0. The largest absolute Gasteiger partial charge is 0.394 e. The molecule has 2 fully saturated rings. The maximum absolute atomic E-state index is 9.57. The predicted octanol–water partition coefficient (Wildman–Crippen LogP) is -8.91. The van der Waals surface area contributed by atoms with Gasteiger partial charge in [-0.1, -0.05) is 0 Å². The SMILES string of the molecule is OCC(O)C(O)[C@H]1O[C@H](CO)[C@@H](O)[C@H](O)[C@H]1O.OCC(O)C(O)[C@H]1O[C@H](CO)[C@@H](O)[C@H](O)[C@H]1O. The lowest BCUT2D eigenvalue weighted by Gasteiger charge is -2.42. The molecule has 2 rings (SSSR count). The second-order valence-corrected chi connectivity index (χ2v) is 8.07. The molecule has 0 aliphatic carbocycles. The molecule has 0 aromatic heterocycles. The van der Waals surface area contributed by atoms with Gasteiger partial charge in [-0.05, 0) is 0 Å². The molecule has 14 N–H and O–H groups in total. The molecule has 0 amide bonds. The molecular formula is C18H36O16. The fourth-order valence-electron chi connectivity index (χ4n) is 3.48. The van der Waals surface area contributed by atoms with E-state index in [0.717, 1.165) is 0 Å². The molecule has 34 heavy (non-hydrogen) atoms. The number of aliphatic hydroxyl groups is 14. The molecule has 2 aliphatic heterocycles. The number of hydrogen-bond donors (Lipinski definition) is 14. The topological polar surface area (TPSA) is 302 Å². The Kier molecular flexibility index (Phi) is 13.1. The van der Waals surface area contributed by atoms with E-state index in [2.05, 4.69) is 0 Å². The zero-order valence-corrected chi connectivity index (χ0v) is 18.0. The predicted molar refractivity (Wildman–Crippen MR) is 106 cm³/mol. The third-order valence-electron chi connectivity index (χ3n) is 5.69. The first-order valence-corrected chi connectivity index (χ1v) is 10.4. The Morgan fingerprint density at radius 1 is 0.471 bits per heavy atom. The van der Waals surface area contributed by atoms with Gasteiger partial charge in [-0.15, -0.1) is 0 Å². The van der Waals surface area contributed by atoms with E-state index < -0.39 is 112 Å². The molecule has 16 nitrogen and oxygen atoms in total. The Balaban J connectivity index is 0.000000340. The van der Waals surface area contributed by atoms with Gasteiger partial charge in [0.15, 0.2) is 0 Å². The van der Waals surface area contributed by atoms with Gasteiger partial charge in [0.05, 0.1) is 26.4 Å². The Morgan fingerprint density at radius 2 is 0.765 bits per heavy atom. The molecule has 4 unspecified atom stereocenters. The molecule has 0 aromatic carbocycles. The summed E-state index contributed by atoms with van der Waals surface area (Å²) in [6.45, 7) is -2.75. The highest BCUT2D eigenvalue weighted by Crippen LogP contribution is 2.25. The van der Waals surface area contributed by atoms with Crippen LogP contribution in [0.1, 0.15) is 0 Å². The van der Waals surface area contributed by atoms with Crippen molar-refractivity contribution in [3.05, 3.63) is 0 Å². The van der Waals surface area contributed by atoms with Crippen molar-refractivity contribution >= 4 is 0 Å². The van der Waals surface area contributed by atoms with Crippen LogP contribution in [0, 0.1) is 0 Å². The van der Waals surface area contributed by atoms with Crippen LogP contribution in [0.5, 0.6) is 0 Å². The average molecular weight is 508 g/mol. The van der Waals surface area contributed by atoms with Crippen LogP contribution >= 0.6 is 0 Å². The van der Waals surface area contributed by atoms with E-state index in [4.69, 9.17) is 29.9 Å². The summed E-state index contributed by atoms with van der Waals surface area (Å²) in [6, 6.07) is 0. The van der Waals surface area contributed by atoms with Gasteiger partial charge >= 0.3 is 0 Å². The summed E-state index contributed by atoms with van der Waals surface area (Å²) in [5.41, 5.74) is 0. The monoisotopic (exact) mass is 508 g/mol. The molecule has 0 spiro atoms. The van der Waals surface area contributed by atoms with Crippen molar-refractivity contribution in [3.8, 4) is 0 Å². The fourth-order valence-corrected chi connectivity index (χ4v) is 3.48. The minimum Gasteiger partial charge on any atom is -0.394 e. The van der Waals surface area contributed by atoms with Gasteiger partial charge < -0.3 is 81.0 Å². The summed E-state index contributed by atoms with van der Waals surface area (Å²) in [6.07, 6.45) is -21.1. The first-order chi connectivity index (χ1) is 15.9. The fraction of sp³-hybridized carbons (Fsp3) is 1.00. The van der Waals surface area contributed by atoms with Crippen molar-refractivity contribution in [1.29, 1.82) is 0 Å². The molecule has 204 valence electrons. The van der Waals surface area contributed by atoms with Crippen LogP contribution in [0.4, 0.5) is 0 Å². The smallest absolute Gasteiger partial charge is 0.115 e. The van der Waals surface area contributed by atoms with Crippen molar-refractivity contribution in [2.45, 2.75) is 85.5 Å². The lowest BCUT2D eigenvalue weighted by Crippen LogP contribution is -2.63. The maximum atomic E-state index is 9.57. The van der Waals surface area contributed by atoms with Crippen LogP contribution in [0.3, 0.4) is 0 Å². The molecule has 2 heterocycles. The highest BCUT2D eigenvalue weighted by molar-refractivity contribution is 4.97. The van der Waals surface area contributed by atoms with Crippen LogP contribution in [-0.4, -0.2) is 183 Å². The van der Waals surface area contributed by atoms with E-state index in [1.54, 1.807) is 0 Å². The van der Waals surface area contributed by atoms with E-state index in [9.17, 15) is 51.1 Å². The van der Waals surface area contributed by atoms with E-state index in [-0.39, 0.29) is 0 Å². The summed E-state index contributed by atoms with van der Waals surface area (Å²) in [5, 5.41) is 130. The molecule has 0 saturated carbocycles. The van der Waals surface area contributed by atoms with Crippen molar-refractivity contribution in [1.82, 2.24) is 0 Å². The summed E-state index contributed by atoms with van der Waals surface area (Å²) >= 11 is 0. The Labute approximate surface area is 193 Å². The van der Waals surface area contributed by atoms with Gasteiger partial charge in [-0.3, -0.25) is 0 Å². The van der Waals surface area contributed by atoms with Gasteiger partial charge in [0.1, 0.15) is 85.5 Å². The molecule has 0 aromatic rings. The number of aliphatic hydroxyl groups excluding tert-OH is 14. The van der Waals surface area contributed by atoms with Crippen LogP contribution in [0.2, 0.25) is 0 Å². The molecule has 2 aliphatic rings. The second-order valence-electron chi connectivity index (χ2n) is 8.07. The minimum atomic E-state index is -1.65. The van der Waals surface area contributed by atoms with Crippen molar-refractivity contribution in [2.75, 3.05) is 26.4 Å². The quantitative estimate of drug-likeness (QED) is 0.145. The molecule has 2 saturated heterocycles. The standard InChI is InChI=1S/2C9H18O8/c2*10-1-3(12)5(13)9-8(16)7(15)6(14)4(2-11)17-9/h2*3-16H,1-2H2/t2*3?,4-,5?,6-,7+,8-,9-/m11/s1. The number of rotatable bonds is 8. The number of ether oxygens (including phenoxy) is 2. The molecular weight excluding hydrogens is 472 g/mol. The van der Waals surface area contributed by atoms with Gasteiger partial charge in [0, 0.05) is 0 Å². The van der Waals surface area contributed by atoms with Crippen LogP contribution in [0.25, 0.3) is 0 Å². The van der Waals surface area contributed by atoms with Crippen LogP contribution < -0.4 is 0 Å². The van der Waals surface area contributed by atoms with Crippen LogP contribution in [0.15, 0.2) is 0 Å². The van der Waals surface area contributed by atoms with E-state index in [1.807, 2.05) is 0 Å². The van der Waals surface area contributed by atoms with Gasteiger partial charge in [-0.25, -0.2) is 0 Å². The lowest BCUT2D eigenvalue weighted by atomic mass is 9.91. The van der Waals surface area contributed by atoms with Crippen molar-refractivity contribution in [2.24, 2.45) is 0 Å². The summed E-state index contributed by atoms with van der Waals surface area (Å²) in [4.78, 5) is 0. The number of hydrogen-bond acceptors (Lipinski definition) is 16. The van der Waals surface area contributed by atoms with Crippen LogP contribution in [-0.2, 0) is 9.47 Å². The Bertz CT molecular complexity index is 510. The third-order valence-corrected chi connectivity index (χ3v) is 5.69.